The van der Waals surface area contributed by atoms with Crippen molar-refractivity contribution in [2.24, 2.45) is 0 Å². The van der Waals surface area contributed by atoms with Crippen LogP contribution in [0.15, 0.2) is 0 Å². The molecular formula is C18H32O16. The minimum Gasteiger partial charge on any atom is -0.394 e. The molecule has 0 amide bonds. The Balaban J connectivity index is 1.74. The average molecular weight is 504 g/mol. The maximum absolute atomic E-state index is 10.5. The lowest BCUT2D eigenvalue weighted by atomic mass is 9.97. The van der Waals surface area contributed by atoms with Gasteiger partial charge in [-0.25, -0.2) is 0 Å². The number of aliphatic hydroxyl groups excluding tert-OH is 11. The Morgan fingerprint density at radius 1 is 0.500 bits per heavy atom. The second-order valence-corrected chi connectivity index (χ2v) is 8.37. The van der Waals surface area contributed by atoms with Gasteiger partial charge in [-0.3, -0.25) is 0 Å². The lowest BCUT2D eigenvalue weighted by molar-refractivity contribution is -0.372. The molecule has 15 atom stereocenters. The smallest absolute Gasteiger partial charge is 0.187 e. The average Bonchev–Trinajstić information content (AvgIpc) is 2.82. The summed E-state index contributed by atoms with van der Waals surface area (Å²) < 4.78 is 26.5. The maximum Gasteiger partial charge on any atom is 0.187 e. The van der Waals surface area contributed by atoms with Gasteiger partial charge in [0, 0.05) is 0 Å². The monoisotopic (exact) mass is 504 g/mol. The molecule has 0 saturated carbocycles. The van der Waals surface area contributed by atoms with Crippen LogP contribution in [0.3, 0.4) is 0 Å². The first kappa shape index (κ1) is 27.9. The van der Waals surface area contributed by atoms with E-state index in [-0.39, 0.29) is 0 Å². The van der Waals surface area contributed by atoms with Crippen LogP contribution in [0.25, 0.3) is 0 Å². The van der Waals surface area contributed by atoms with Crippen molar-refractivity contribution in [3.05, 3.63) is 0 Å². The molecule has 3 fully saturated rings. The van der Waals surface area contributed by atoms with Crippen LogP contribution < -0.4 is 0 Å². The maximum atomic E-state index is 10.5. The highest BCUT2D eigenvalue weighted by molar-refractivity contribution is 4.94. The first-order valence-electron chi connectivity index (χ1n) is 10.6. The van der Waals surface area contributed by atoms with Gasteiger partial charge in [-0.15, -0.1) is 0 Å². The molecule has 0 aromatic carbocycles. The summed E-state index contributed by atoms with van der Waals surface area (Å²) in [6.07, 6.45) is -25.0. The normalized spacial score (nSPS) is 52.5. The van der Waals surface area contributed by atoms with E-state index in [1.807, 2.05) is 0 Å². The lowest BCUT2D eigenvalue weighted by Crippen LogP contribution is -2.65. The third-order valence-corrected chi connectivity index (χ3v) is 6.08. The van der Waals surface area contributed by atoms with Crippen LogP contribution in [0, 0.1) is 0 Å². The van der Waals surface area contributed by atoms with Crippen molar-refractivity contribution in [3.63, 3.8) is 0 Å². The van der Waals surface area contributed by atoms with Crippen LogP contribution in [-0.4, -0.2) is 168 Å². The van der Waals surface area contributed by atoms with Crippen LogP contribution in [0.1, 0.15) is 0 Å². The Morgan fingerprint density at radius 3 is 1.59 bits per heavy atom. The van der Waals surface area contributed by atoms with E-state index in [1.54, 1.807) is 0 Å². The first-order valence-corrected chi connectivity index (χ1v) is 10.6. The second kappa shape index (κ2) is 11.6. The van der Waals surface area contributed by atoms with Crippen LogP contribution in [0.5, 0.6) is 0 Å². The molecule has 0 radical (unpaired) electrons. The number of rotatable bonds is 7. The highest BCUT2D eigenvalue weighted by Crippen LogP contribution is 2.30. The van der Waals surface area contributed by atoms with E-state index >= 15 is 0 Å². The van der Waals surface area contributed by atoms with E-state index in [1.165, 1.54) is 0 Å². The van der Waals surface area contributed by atoms with Crippen LogP contribution >= 0.6 is 0 Å². The highest BCUT2D eigenvalue weighted by Gasteiger charge is 2.51. The zero-order chi connectivity index (χ0) is 25.3. The molecule has 3 saturated heterocycles. The highest BCUT2D eigenvalue weighted by atomic mass is 16.8. The number of ether oxygens (including phenoxy) is 5. The molecule has 3 aliphatic rings. The molecule has 3 rings (SSSR count). The topological polar surface area (TPSA) is 269 Å². The molecule has 0 unspecified atom stereocenters. The third-order valence-electron chi connectivity index (χ3n) is 6.08. The zero-order valence-corrected chi connectivity index (χ0v) is 17.7. The van der Waals surface area contributed by atoms with E-state index in [0.29, 0.717) is 0 Å². The fraction of sp³-hybridized carbons (Fsp3) is 1.00. The molecule has 0 spiro atoms. The Kier molecular flexibility index (Phi) is 9.54. The predicted octanol–water partition coefficient (Wildman–Crippen LogP) is -7.57. The summed E-state index contributed by atoms with van der Waals surface area (Å²) in [6, 6.07) is 0. The van der Waals surface area contributed by atoms with Gasteiger partial charge in [0.2, 0.25) is 0 Å². The van der Waals surface area contributed by atoms with Crippen molar-refractivity contribution in [2.45, 2.75) is 92.1 Å². The van der Waals surface area contributed by atoms with Gasteiger partial charge < -0.3 is 79.9 Å². The van der Waals surface area contributed by atoms with Gasteiger partial charge in [0.1, 0.15) is 73.2 Å². The minimum atomic E-state index is -1.85. The Hall–Kier alpha value is -0.640. The molecule has 200 valence electrons. The van der Waals surface area contributed by atoms with Gasteiger partial charge >= 0.3 is 0 Å². The van der Waals surface area contributed by atoms with Crippen LogP contribution in [0.2, 0.25) is 0 Å². The Labute approximate surface area is 192 Å². The number of aliphatic hydroxyl groups is 11. The van der Waals surface area contributed by atoms with Gasteiger partial charge in [-0.2, -0.15) is 0 Å². The fourth-order valence-corrected chi connectivity index (χ4v) is 3.93. The quantitative estimate of drug-likeness (QED) is 0.154. The van der Waals surface area contributed by atoms with Crippen LogP contribution in [-0.2, 0) is 23.7 Å². The van der Waals surface area contributed by atoms with E-state index < -0.39 is 112 Å². The van der Waals surface area contributed by atoms with Crippen molar-refractivity contribution < 1.29 is 79.9 Å². The number of hydrogen-bond acceptors (Lipinski definition) is 16. The lowest BCUT2D eigenvalue weighted by Gasteiger charge is -2.46. The van der Waals surface area contributed by atoms with Crippen molar-refractivity contribution in [3.8, 4) is 0 Å². The summed E-state index contributed by atoms with van der Waals surface area (Å²) in [5, 5.41) is 109. The second-order valence-electron chi connectivity index (χ2n) is 8.37. The summed E-state index contributed by atoms with van der Waals surface area (Å²) in [5.74, 6) is 0. The predicted molar refractivity (Wildman–Crippen MR) is 101 cm³/mol. The third kappa shape index (κ3) is 5.52. The largest absolute Gasteiger partial charge is 0.394 e. The molecule has 0 aromatic heterocycles. The van der Waals surface area contributed by atoms with Gasteiger partial charge in [0.15, 0.2) is 18.9 Å². The fourth-order valence-electron chi connectivity index (χ4n) is 3.93. The van der Waals surface area contributed by atoms with Crippen molar-refractivity contribution >= 4 is 0 Å². The molecule has 0 bridgehead atoms. The molecule has 0 aromatic rings. The molecular weight excluding hydrogens is 472 g/mol. The van der Waals surface area contributed by atoms with Crippen LogP contribution in [0.4, 0.5) is 0 Å². The van der Waals surface area contributed by atoms with Gasteiger partial charge in [-0.05, 0) is 0 Å². The molecule has 0 aliphatic carbocycles. The summed E-state index contributed by atoms with van der Waals surface area (Å²) in [5.41, 5.74) is 0. The van der Waals surface area contributed by atoms with Crippen molar-refractivity contribution in [1.29, 1.82) is 0 Å². The summed E-state index contributed by atoms with van der Waals surface area (Å²) in [6.45, 7) is -2.11. The summed E-state index contributed by atoms with van der Waals surface area (Å²) >= 11 is 0. The molecule has 16 heteroatoms. The SMILES string of the molecule is OC[C@H]1O[C@@H](O[C@H]2[C@H](OC[C@H]3O[C@@H](O)[C@H](O)[C@@H](O)[C@@H]3O)O[C@H](CO)[C@@H](O)[C@@H]2O)[C@H](O)[C@@H](O)[C@@H]1O. The van der Waals surface area contributed by atoms with Gasteiger partial charge in [0.25, 0.3) is 0 Å². The van der Waals surface area contributed by atoms with Gasteiger partial charge in [0.05, 0.1) is 19.8 Å². The van der Waals surface area contributed by atoms with E-state index in [0.717, 1.165) is 0 Å². The molecule has 11 N–H and O–H groups in total. The zero-order valence-electron chi connectivity index (χ0n) is 17.7. The standard InChI is InChI=1S/C18H32O16/c19-1-4-7(21)11(25)14(28)17(32-4)34-15-12(26)8(22)5(2-20)33-18(15)30-3-6-9(23)10(24)13(27)16(29)31-6/h4-29H,1-3H2/t4-,5-,6-,7-,8-,9-,10+,11+,12+,13-,14-,15-,16-,17+,18-/m1/s1. The first-order chi connectivity index (χ1) is 16.0. The Bertz CT molecular complexity index is 639. The minimum absolute atomic E-state index is 0.609. The molecule has 3 aliphatic heterocycles. The molecule has 3 heterocycles. The number of hydrogen-bond donors (Lipinski definition) is 11. The Morgan fingerprint density at radius 2 is 1.00 bits per heavy atom. The van der Waals surface area contributed by atoms with Crippen molar-refractivity contribution in [1.82, 2.24) is 0 Å². The van der Waals surface area contributed by atoms with E-state index in [2.05, 4.69) is 0 Å². The van der Waals surface area contributed by atoms with Crippen molar-refractivity contribution in [2.75, 3.05) is 19.8 Å². The molecule has 16 nitrogen and oxygen atoms in total. The molecule has 34 heavy (non-hydrogen) atoms. The van der Waals surface area contributed by atoms with Gasteiger partial charge in [-0.1, -0.05) is 0 Å². The van der Waals surface area contributed by atoms with E-state index in [4.69, 9.17) is 23.7 Å². The van der Waals surface area contributed by atoms with E-state index in [9.17, 15) is 56.2 Å². The summed E-state index contributed by atoms with van der Waals surface area (Å²) in [4.78, 5) is 0. The summed E-state index contributed by atoms with van der Waals surface area (Å²) in [7, 11) is 0.